The Hall–Kier alpha value is -1.34. The highest BCUT2D eigenvalue weighted by atomic mass is 35.5. The summed E-state index contributed by atoms with van der Waals surface area (Å²) < 4.78 is 0. The van der Waals surface area contributed by atoms with E-state index in [0.717, 1.165) is 22.7 Å². The van der Waals surface area contributed by atoms with Crippen LogP contribution in [0.3, 0.4) is 0 Å². The molecule has 2 aromatic rings. The van der Waals surface area contributed by atoms with E-state index < -0.39 is 0 Å². The zero-order chi connectivity index (χ0) is 10.7. The molecule has 0 unspecified atom stereocenters. The first-order chi connectivity index (χ1) is 7.27. The van der Waals surface area contributed by atoms with Crippen LogP contribution in [0, 0.1) is 6.92 Å². The van der Waals surface area contributed by atoms with Crippen molar-refractivity contribution in [2.75, 3.05) is 0 Å². The molecule has 0 saturated carbocycles. The molecule has 0 aliphatic heterocycles. The van der Waals surface area contributed by atoms with Gasteiger partial charge >= 0.3 is 0 Å². The highest BCUT2D eigenvalue weighted by Gasteiger charge is 2.05. The fourth-order valence-electron chi connectivity index (χ4n) is 1.58. The average Bonchev–Trinajstić information content (AvgIpc) is 2.25. The van der Waals surface area contributed by atoms with Crippen LogP contribution in [0.1, 0.15) is 16.8 Å². The first-order valence-electron chi connectivity index (χ1n) is 4.91. The lowest BCUT2D eigenvalue weighted by atomic mass is 10.0. The predicted octanol–water partition coefficient (Wildman–Crippen LogP) is 3.63. The fraction of sp³-hybridized carbons (Fsp3) is 0.154. The van der Waals surface area contributed by atoms with E-state index in [1.54, 1.807) is 6.20 Å². The number of rotatable bonds is 2. The van der Waals surface area contributed by atoms with Crippen LogP contribution in [0.2, 0.25) is 5.02 Å². The molecule has 2 heteroatoms. The average molecular weight is 218 g/mol. The fourth-order valence-corrected chi connectivity index (χ4v) is 1.84. The Labute approximate surface area is 94.7 Å². The molecule has 1 aromatic carbocycles. The molecule has 0 aliphatic carbocycles. The maximum Gasteiger partial charge on any atom is 0.0474 e. The molecule has 15 heavy (non-hydrogen) atoms. The molecule has 0 fully saturated rings. The first kappa shape index (κ1) is 10.2. The van der Waals surface area contributed by atoms with Gasteiger partial charge in [0.1, 0.15) is 0 Å². The Bertz CT molecular complexity index is 431. The zero-order valence-electron chi connectivity index (χ0n) is 8.57. The SMILES string of the molecule is Cc1nccc(Cl)c1Cc1ccccc1. The van der Waals surface area contributed by atoms with E-state index in [2.05, 4.69) is 17.1 Å². The van der Waals surface area contributed by atoms with Gasteiger partial charge in [0.2, 0.25) is 0 Å². The summed E-state index contributed by atoms with van der Waals surface area (Å²) in [5.41, 5.74) is 3.38. The topological polar surface area (TPSA) is 12.9 Å². The monoisotopic (exact) mass is 217 g/mol. The van der Waals surface area contributed by atoms with Crippen molar-refractivity contribution in [2.24, 2.45) is 0 Å². The van der Waals surface area contributed by atoms with Gasteiger partial charge in [-0.25, -0.2) is 0 Å². The molecule has 0 atom stereocenters. The molecule has 0 bridgehead atoms. The van der Waals surface area contributed by atoms with Crippen molar-refractivity contribution < 1.29 is 0 Å². The minimum absolute atomic E-state index is 0.798. The third-order valence-electron chi connectivity index (χ3n) is 2.44. The number of hydrogen-bond donors (Lipinski definition) is 0. The van der Waals surface area contributed by atoms with Gasteiger partial charge in [0, 0.05) is 23.3 Å². The van der Waals surface area contributed by atoms with Gasteiger partial charge in [-0.3, -0.25) is 4.98 Å². The summed E-state index contributed by atoms with van der Waals surface area (Å²) in [5.74, 6) is 0. The van der Waals surface area contributed by atoms with E-state index in [9.17, 15) is 0 Å². The summed E-state index contributed by atoms with van der Waals surface area (Å²) in [7, 11) is 0. The van der Waals surface area contributed by atoms with Crippen LogP contribution in [0.15, 0.2) is 42.6 Å². The van der Waals surface area contributed by atoms with E-state index >= 15 is 0 Å². The van der Waals surface area contributed by atoms with Gasteiger partial charge in [0.25, 0.3) is 0 Å². The van der Waals surface area contributed by atoms with Gasteiger partial charge in [0.15, 0.2) is 0 Å². The molecule has 0 spiro atoms. The Kier molecular flexibility index (Phi) is 3.02. The van der Waals surface area contributed by atoms with Crippen LogP contribution in [-0.2, 0) is 6.42 Å². The lowest BCUT2D eigenvalue weighted by Crippen LogP contribution is -1.95. The van der Waals surface area contributed by atoms with Crippen LogP contribution in [0.5, 0.6) is 0 Å². The second-order valence-corrected chi connectivity index (χ2v) is 3.93. The van der Waals surface area contributed by atoms with E-state index in [1.807, 2.05) is 31.2 Å². The Balaban J connectivity index is 2.32. The zero-order valence-corrected chi connectivity index (χ0v) is 9.33. The van der Waals surface area contributed by atoms with Crippen LogP contribution in [-0.4, -0.2) is 4.98 Å². The maximum absolute atomic E-state index is 6.14. The largest absolute Gasteiger partial charge is 0.261 e. The summed E-state index contributed by atoms with van der Waals surface area (Å²) in [6, 6.07) is 12.1. The van der Waals surface area contributed by atoms with Gasteiger partial charge in [-0.2, -0.15) is 0 Å². The minimum atomic E-state index is 0.798. The van der Waals surface area contributed by atoms with Crippen molar-refractivity contribution in [3.63, 3.8) is 0 Å². The van der Waals surface area contributed by atoms with Crippen molar-refractivity contribution in [1.82, 2.24) is 4.98 Å². The molecule has 0 radical (unpaired) electrons. The Morgan fingerprint density at radius 2 is 1.87 bits per heavy atom. The summed E-state index contributed by atoms with van der Waals surface area (Å²) in [5, 5.41) is 0.798. The number of pyridine rings is 1. The number of hydrogen-bond acceptors (Lipinski definition) is 1. The van der Waals surface area contributed by atoms with Crippen molar-refractivity contribution in [3.05, 3.63) is 64.4 Å². The predicted molar refractivity (Wildman–Crippen MR) is 63.2 cm³/mol. The van der Waals surface area contributed by atoms with Gasteiger partial charge in [-0.15, -0.1) is 0 Å². The Morgan fingerprint density at radius 1 is 1.13 bits per heavy atom. The van der Waals surface area contributed by atoms with Crippen molar-refractivity contribution in [3.8, 4) is 0 Å². The smallest absolute Gasteiger partial charge is 0.0474 e. The van der Waals surface area contributed by atoms with Gasteiger partial charge in [0.05, 0.1) is 0 Å². The molecule has 0 aliphatic rings. The molecule has 2 rings (SSSR count). The van der Waals surface area contributed by atoms with Crippen molar-refractivity contribution >= 4 is 11.6 Å². The lowest BCUT2D eigenvalue weighted by Gasteiger charge is -2.06. The summed E-state index contributed by atoms with van der Waals surface area (Å²) in [4.78, 5) is 4.25. The lowest BCUT2D eigenvalue weighted by molar-refractivity contribution is 1.08. The number of nitrogens with zero attached hydrogens (tertiary/aromatic N) is 1. The standard InChI is InChI=1S/C13H12ClN/c1-10-12(13(14)7-8-15-10)9-11-5-3-2-4-6-11/h2-8H,9H2,1H3. The molecule has 0 N–H and O–H groups in total. The number of aromatic nitrogens is 1. The molecule has 1 nitrogen and oxygen atoms in total. The first-order valence-corrected chi connectivity index (χ1v) is 5.29. The summed E-state index contributed by atoms with van der Waals surface area (Å²) in [6.07, 6.45) is 2.59. The summed E-state index contributed by atoms with van der Waals surface area (Å²) in [6.45, 7) is 1.99. The maximum atomic E-state index is 6.14. The highest BCUT2D eigenvalue weighted by Crippen LogP contribution is 2.20. The van der Waals surface area contributed by atoms with E-state index in [4.69, 9.17) is 11.6 Å². The van der Waals surface area contributed by atoms with Gasteiger partial charge in [-0.05, 0) is 24.1 Å². The second-order valence-electron chi connectivity index (χ2n) is 3.52. The Morgan fingerprint density at radius 3 is 2.53 bits per heavy atom. The number of halogens is 1. The van der Waals surface area contributed by atoms with Crippen molar-refractivity contribution in [1.29, 1.82) is 0 Å². The van der Waals surface area contributed by atoms with Crippen LogP contribution in [0.4, 0.5) is 0 Å². The van der Waals surface area contributed by atoms with E-state index in [1.165, 1.54) is 5.56 Å². The third kappa shape index (κ3) is 2.37. The molecular weight excluding hydrogens is 206 g/mol. The van der Waals surface area contributed by atoms with Crippen LogP contribution >= 0.6 is 11.6 Å². The van der Waals surface area contributed by atoms with E-state index in [-0.39, 0.29) is 0 Å². The minimum Gasteiger partial charge on any atom is -0.261 e. The second kappa shape index (κ2) is 4.45. The normalized spacial score (nSPS) is 10.3. The molecule has 0 saturated heterocycles. The molecule has 0 amide bonds. The van der Waals surface area contributed by atoms with Gasteiger partial charge < -0.3 is 0 Å². The van der Waals surface area contributed by atoms with Crippen molar-refractivity contribution in [2.45, 2.75) is 13.3 Å². The molecule has 1 aromatic heterocycles. The highest BCUT2D eigenvalue weighted by molar-refractivity contribution is 6.31. The molecule has 1 heterocycles. The van der Waals surface area contributed by atoms with E-state index in [0.29, 0.717) is 0 Å². The molecular formula is C13H12ClN. The molecule has 76 valence electrons. The van der Waals surface area contributed by atoms with Crippen LogP contribution < -0.4 is 0 Å². The summed E-state index contributed by atoms with van der Waals surface area (Å²) >= 11 is 6.14. The number of aryl methyl sites for hydroxylation is 1. The third-order valence-corrected chi connectivity index (χ3v) is 2.79. The van der Waals surface area contributed by atoms with Crippen LogP contribution in [0.25, 0.3) is 0 Å². The van der Waals surface area contributed by atoms with Gasteiger partial charge in [-0.1, -0.05) is 41.9 Å². The quantitative estimate of drug-likeness (QED) is 0.749. The number of benzene rings is 1.